The van der Waals surface area contributed by atoms with E-state index in [1.165, 1.54) is 22.3 Å². The summed E-state index contributed by atoms with van der Waals surface area (Å²) in [6, 6.07) is 44.4. The fraction of sp³-hybridized carbons (Fsp3) is 0.267. The number of nitrogens with zero attached hydrogens (tertiary/aromatic N) is 4. The maximum absolute atomic E-state index is 5.52. The van der Waals surface area contributed by atoms with Crippen molar-refractivity contribution in [1.29, 1.82) is 0 Å². The molecule has 3 aromatic heterocycles. The Hall–Kier alpha value is -5.86. The molecule has 2 aliphatic rings. The number of rotatable bonds is 4. The minimum Gasteiger partial charge on any atom is -0.657 e. The molecule has 5 heterocycles. The van der Waals surface area contributed by atoms with E-state index in [2.05, 4.69) is 229 Å². The molecule has 0 aliphatic carbocycles. The molecule has 65 heavy (non-hydrogen) atoms. The summed E-state index contributed by atoms with van der Waals surface area (Å²) in [5.74, 6) is 0. The quantitative estimate of drug-likeness (QED) is 0.165. The Morgan fingerprint density at radius 1 is 0.277 bits per heavy atom. The van der Waals surface area contributed by atoms with Crippen LogP contribution in [0, 0.1) is 0 Å². The van der Waals surface area contributed by atoms with Crippen molar-refractivity contribution in [3.05, 3.63) is 166 Å². The SMILES string of the molecule is CC(C)(C)c1ccc(-c2c3nc(c(-c4ccc(C(C)(C)C)cc4)c4ccc([n-]4)c(-c4ccc(C(C)(C)C)cc4)c4nc(c(-c5ccc(C(C)(C)C)cc5)c5ccc2[n-]5)C=C4)C=C3)cc1.[Pd+2]. The summed E-state index contributed by atoms with van der Waals surface area (Å²) in [5, 5.41) is 0. The first kappa shape index (κ1) is 45.7. The number of benzene rings is 4. The number of aromatic nitrogens is 4. The number of fused-ring (bicyclic) bond motifs is 8. The van der Waals surface area contributed by atoms with Crippen molar-refractivity contribution in [3.8, 4) is 44.5 Å². The number of hydrogen-bond acceptors (Lipinski definition) is 2. The Morgan fingerprint density at radius 2 is 0.462 bits per heavy atom. The molecular weight excluding hydrogens is 883 g/mol. The third-order valence-corrected chi connectivity index (χ3v) is 12.8. The molecule has 0 amide bonds. The van der Waals surface area contributed by atoms with Crippen LogP contribution in [0.3, 0.4) is 0 Å². The summed E-state index contributed by atoms with van der Waals surface area (Å²) < 4.78 is 0. The third kappa shape index (κ3) is 9.07. The van der Waals surface area contributed by atoms with Gasteiger partial charge in [0.25, 0.3) is 0 Å². The maximum Gasteiger partial charge on any atom is 2.00 e. The van der Waals surface area contributed by atoms with Crippen LogP contribution in [0.5, 0.6) is 0 Å². The molecule has 0 atom stereocenters. The molecule has 0 saturated carbocycles. The van der Waals surface area contributed by atoms with Crippen molar-refractivity contribution in [2.75, 3.05) is 0 Å². The van der Waals surface area contributed by atoms with Crippen LogP contribution in [0.25, 0.3) is 90.9 Å². The van der Waals surface area contributed by atoms with E-state index in [0.29, 0.717) is 0 Å². The van der Waals surface area contributed by atoms with E-state index in [1.807, 2.05) is 0 Å². The van der Waals surface area contributed by atoms with Crippen LogP contribution < -0.4 is 9.97 Å². The van der Waals surface area contributed by atoms with Crippen molar-refractivity contribution in [2.24, 2.45) is 0 Å². The normalized spacial score (nSPS) is 13.0. The zero-order valence-corrected chi connectivity index (χ0v) is 41.5. The Bertz CT molecular complexity index is 2710. The van der Waals surface area contributed by atoms with E-state index in [9.17, 15) is 0 Å². The first-order valence-electron chi connectivity index (χ1n) is 22.7. The molecule has 0 N–H and O–H groups in total. The summed E-state index contributed by atoms with van der Waals surface area (Å²) in [6.07, 6.45) is 8.60. The Kier molecular flexibility index (Phi) is 11.8. The Morgan fingerprint density at radius 3 is 0.631 bits per heavy atom. The summed E-state index contributed by atoms with van der Waals surface area (Å²) in [7, 11) is 0. The largest absolute Gasteiger partial charge is 2.00 e. The van der Waals surface area contributed by atoms with Gasteiger partial charge in [-0.1, -0.05) is 204 Å². The molecule has 4 aromatic carbocycles. The van der Waals surface area contributed by atoms with Gasteiger partial charge in [0.05, 0.1) is 22.8 Å². The fourth-order valence-electron chi connectivity index (χ4n) is 8.82. The van der Waals surface area contributed by atoms with Gasteiger partial charge in [-0.05, 0) is 113 Å². The average molecular weight is 944 g/mol. The molecule has 2 aliphatic heterocycles. The molecule has 7 aromatic rings. The van der Waals surface area contributed by atoms with Crippen LogP contribution in [0.4, 0.5) is 0 Å². The predicted molar refractivity (Wildman–Crippen MR) is 273 cm³/mol. The monoisotopic (exact) mass is 942 g/mol. The van der Waals surface area contributed by atoms with E-state index in [4.69, 9.17) is 19.9 Å². The van der Waals surface area contributed by atoms with Crippen LogP contribution in [0.2, 0.25) is 0 Å². The molecule has 0 fully saturated rings. The van der Waals surface area contributed by atoms with Gasteiger partial charge >= 0.3 is 20.4 Å². The van der Waals surface area contributed by atoms with E-state index in [0.717, 1.165) is 89.4 Å². The van der Waals surface area contributed by atoms with Gasteiger partial charge in [-0.25, -0.2) is 9.97 Å². The molecule has 0 unspecified atom stereocenters. The van der Waals surface area contributed by atoms with E-state index in [-0.39, 0.29) is 42.1 Å². The van der Waals surface area contributed by atoms with Gasteiger partial charge in [0.1, 0.15) is 0 Å². The molecule has 5 heteroatoms. The van der Waals surface area contributed by atoms with Gasteiger partial charge in [0, 0.05) is 0 Å². The second-order valence-electron chi connectivity index (χ2n) is 21.7. The standard InChI is InChI=1S/C60H60N4.Pd/c1-57(2,3)41-21-13-37(14-22-41)53-45-29-31-47(61-45)54(38-15-23-42(24-16-38)58(4,5)6)49-33-35-51(63-49)56(40-19-27-44(28-20-40)60(10,11)12)52-36-34-50(64-52)55(48-32-30-46(53)62-48)39-17-25-43(26-18-39)59(7,8)9;/h13-36H,1-12H3;/q-2;+2. The second-order valence-corrected chi connectivity index (χ2v) is 21.7. The van der Waals surface area contributed by atoms with E-state index < -0.39 is 0 Å². The van der Waals surface area contributed by atoms with Crippen molar-refractivity contribution in [2.45, 2.75) is 105 Å². The second kappa shape index (κ2) is 16.9. The van der Waals surface area contributed by atoms with E-state index in [1.54, 1.807) is 0 Å². The van der Waals surface area contributed by atoms with Crippen LogP contribution in [0.1, 0.15) is 128 Å². The van der Waals surface area contributed by atoms with Gasteiger partial charge in [-0.3, -0.25) is 0 Å². The molecular formula is C60H60N4Pd. The summed E-state index contributed by atoms with van der Waals surface area (Å²) in [4.78, 5) is 22.1. The van der Waals surface area contributed by atoms with Gasteiger partial charge in [0.2, 0.25) is 0 Å². The van der Waals surface area contributed by atoms with Crippen molar-refractivity contribution in [3.63, 3.8) is 0 Å². The van der Waals surface area contributed by atoms with Crippen LogP contribution in [-0.4, -0.2) is 9.97 Å². The van der Waals surface area contributed by atoms with Crippen molar-refractivity contribution >= 4 is 46.4 Å². The van der Waals surface area contributed by atoms with Gasteiger partial charge in [0.15, 0.2) is 0 Å². The topological polar surface area (TPSA) is 54.0 Å². The molecule has 0 saturated heterocycles. The minimum atomic E-state index is 0. The Labute approximate surface area is 400 Å². The smallest absolute Gasteiger partial charge is 0.657 e. The molecule has 0 radical (unpaired) electrons. The first-order chi connectivity index (χ1) is 30.2. The van der Waals surface area contributed by atoms with Crippen LogP contribution in [-0.2, 0) is 42.1 Å². The van der Waals surface area contributed by atoms with Gasteiger partial charge in [-0.15, -0.1) is 22.1 Å². The zero-order valence-electron chi connectivity index (χ0n) is 40.0. The van der Waals surface area contributed by atoms with Gasteiger partial charge < -0.3 is 9.97 Å². The van der Waals surface area contributed by atoms with Crippen molar-refractivity contribution in [1.82, 2.24) is 19.9 Å². The predicted octanol–water partition coefficient (Wildman–Crippen LogP) is 15.8. The summed E-state index contributed by atoms with van der Waals surface area (Å²) in [6.45, 7) is 27.0. The zero-order chi connectivity index (χ0) is 45.3. The van der Waals surface area contributed by atoms with Crippen molar-refractivity contribution < 1.29 is 20.4 Å². The molecule has 0 spiro atoms. The molecule has 4 nitrogen and oxygen atoms in total. The fourth-order valence-corrected chi connectivity index (χ4v) is 8.82. The third-order valence-electron chi connectivity index (χ3n) is 12.8. The summed E-state index contributed by atoms with van der Waals surface area (Å²) >= 11 is 0. The summed E-state index contributed by atoms with van der Waals surface area (Å²) in [5.41, 5.74) is 20.3. The molecule has 8 bridgehead atoms. The maximum atomic E-state index is 5.52. The minimum absolute atomic E-state index is 0. The first-order valence-corrected chi connectivity index (χ1v) is 22.7. The molecule has 330 valence electrons. The number of hydrogen-bond donors (Lipinski definition) is 0. The molecule has 9 rings (SSSR count). The van der Waals surface area contributed by atoms with Gasteiger partial charge in [-0.2, -0.15) is 0 Å². The van der Waals surface area contributed by atoms with Crippen LogP contribution >= 0.6 is 0 Å². The van der Waals surface area contributed by atoms with Crippen LogP contribution in [0.15, 0.2) is 121 Å². The van der Waals surface area contributed by atoms with E-state index >= 15 is 0 Å². The average Bonchev–Trinajstić information content (AvgIpc) is 4.08. The Balaban J connectivity index is 0.00000576.